The normalized spacial score (nSPS) is 10.8. The summed E-state index contributed by atoms with van der Waals surface area (Å²) in [6, 6.07) is 13.8. The van der Waals surface area contributed by atoms with E-state index >= 15 is 0 Å². The van der Waals surface area contributed by atoms with Crippen LogP contribution in [0.1, 0.15) is 12.0 Å². The Hall–Kier alpha value is -1.48. The van der Waals surface area contributed by atoms with Crippen LogP contribution in [0.5, 0.6) is 11.5 Å². The van der Waals surface area contributed by atoms with E-state index in [0.29, 0.717) is 18.3 Å². The molecule has 0 aliphatic carbocycles. The van der Waals surface area contributed by atoms with E-state index < -0.39 is 0 Å². The number of methoxy groups -OCH3 is 2. The number of anilines is 1. The van der Waals surface area contributed by atoms with Crippen molar-refractivity contribution in [2.24, 2.45) is 10.7 Å². The molecule has 0 unspecified atom stereocenters. The molecule has 0 saturated heterocycles. The van der Waals surface area contributed by atoms with Crippen molar-refractivity contribution in [3.05, 3.63) is 52.5 Å². The molecule has 0 aliphatic rings. The average Bonchev–Trinajstić information content (AvgIpc) is 2.58. The van der Waals surface area contributed by atoms with E-state index in [1.54, 1.807) is 14.2 Å². The summed E-state index contributed by atoms with van der Waals surface area (Å²) < 4.78 is 11.6. The Bertz CT molecular complexity index is 710. The van der Waals surface area contributed by atoms with Crippen molar-refractivity contribution in [2.75, 3.05) is 26.1 Å². The molecular formula is C18H23BrIN3O2. The number of nitrogens with zero attached hydrogens (tertiary/aromatic N) is 1. The van der Waals surface area contributed by atoms with Gasteiger partial charge >= 0.3 is 0 Å². The second kappa shape index (κ2) is 11.2. The standard InChI is InChI=1S/C18H22BrN3O2.HI/c1-23-15-8-9-17(24-2)16(12-15)22-18(20)21-10-4-6-13-5-3-7-14(19)11-13;/h3,5,7-9,11-12H,4,6,10H2,1-2H3,(H3,20,21,22);1H. The van der Waals surface area contributed by atoms with Crippen molar-refractivity contribution in [3.63, 3.8) is 0 Å². The largest absolute Gasteiger partial charge is 0.497 e. The SMILES string of the molecule is COc1ccc(OC)c(NC(N)=NCCCc2cccc(Br)c2)c1.I. The number of ether oxygens (including phenoxy) is 2. The summed E-state index contributed by atoms with van der Waals surface area (Å²) in [7, 11) is 3.23. The highest BCUT2D eigenvalue weighted by atomic mass is 127. The molecule has 7 heteroatoms. The van der Waals surface area contributed by atoms with E-state index in [1.165, 1.54) is 5.56 Å². The third-order valence-electron chi connectivity index (χ3n) is 3.46. The maximum Gasteiger partial charge on any atom is 0.193 e. The van der Waals surface area contributed by atoms with Gasteiger partial charge in [0, 0.05) is 17.1 Å². The van der Waals surface area contributed by atoms with Crippen molar-refractivity contribution < 1.29 is 9.47 Å². The Morgan fingerprint density at radius 1 is 1.16 bits per heavy atom. The molecule has 0 bridgehead atoms. The topological polar surface area (TPSA) is 68.9 Å². The van der Waals surface area contributed by atoms with Crippen LogP contribution in [-0.2, 0) is 6.42 Å². The van der Waals surface area contributed by atoms with Gasteiger partial charge in [-0.15, -0.1) is 24.0 Å². The molecule has 0 radical (unpaired) electrons. The van der Waals surface area contributed by atoms with Gasteiger partial charge in [0.2, 0.25) is 0 Å². The van der Waals surface area contributed by atoms with Crippen molar-refractivity contribution in [3.8, 4) is 11.5 Å². The van der Waals surface area contributed by atoms with E-state index in [4.69, 9.17) is 15.2 Å². The molecule has 3 N–H and O–H groups in total. The lowest BCUT2D eigenvalue weighted by Gasteiger charge is -2.12. The van der Waals surface area contributed by atoms with Crippen LogP contribution in [0.2, 0.25) is 0 Å². The molecule has 0 fully saturated rings. The van der Waals surface area contributed by atoms with Gasteiger partial charge in [0.15, 0.2) is 5.96 Å². The number of guanidine groups is 1. The molecule has 25 heavy (non-hydrogen) atoms. The maximum atomic E-state index is 5.96. The Kier molecular flexibility index (Phi) is 9.66. The summed E-state index contributed by atoms with van der Waals surface area (Å²) in [5.74, 6) is 1.76. The zero-order chi connectivity index (χ0) is 17.4. The van der Waals surface area contributed by atoms with E-state index in [0.717, 1.165) is 28.8 Å². The first-order valence-electron chi connectivity index (χ1n) is 7.66. The number of aryl methyl sites for hydroxylation is 1. The van der Waals surface area contributed by atoms with E-state index in [9.17, 15) is 0 Å². The minimum Gasteiger partial charge on any atom is -0.497 e. The Labute approximate surface area is 174 Å². The number of nitrogens with one attached hydrogen (secondary N) is 1. The molecular weight excluding hydrogens is 497 g/mol. The van der Waals surface area contributed by atoms with Gasteiger partial charge in [0.1, 0.15) is 11.5 Å². The van der Waals surface area contributed by atoms with Gasteiger partial charge in [-0.1, -0.05) is 28.1 Å². The highest BCUT2D eigenvalue weighted by Gasteiger charge is 2.06. The monoisotopic (exact) mass is 519 g/mol. The predicted octanol–water partition coefficient (Wildman–Crippen LogP) is 4.44. The minimum atomic E-state index is 0. The first-order chi connectivity index (χ1) is 11.6. The molecule has 0 aliphatic heterocycles. The lowest BCUT2D eigenvalue weighted by Crippen LogP contribution is -2.23. The zero-order valence-corrected chi connectivity index (χ0v) is 18.2. The molecule has 0 aromatic heterocycles. The zero-order valence-electron chi connectivity index (χ0n) is 14.3. The van der Waals surface area contributed by atoms with Crippen molar-refractivity contribution in [2.45, 2.75) is 12.8 Å². The molecule has 2 aromatic rings. The van der Waals surface area contributed by atoms with Crippen LogP contribution in [0.4, 0.5) is 5.69 Å². The van der Waals surface area contributed by atoms with Gasteiger partial charge in [-0.25, -0.2) is 0 Å². The Morgan fingerprint density at radius 2 is 1.96 bits per heavy atom. The summed E-state index contributed by atoms with van der Waals surface area (Å²) in [5.41, 5.74) is 7.96. The third-order valence-corrected chi connectivity index (χ3v) is 3.96. The molecule has 0 atom stereocenters. The highest BCUT2D eigenvalue weighted by molar-refractivity contribution is 14.0. The van der Waals surface area contributed by atoms with Crippen LogP contribution in [-0.4, -0.2) is 26.7 Å². The van der Waals surface area contributed by atoms with E-state index in [-0.39, 0.29) is 24.0 Å². The van der Waals surface area contributed by atoms with Crippen molar-refractivity contribution in [1.29, 1.82) is 0 Å². The number of aliphatic imine (C=N–C) groups is 1. The summed E-state index contributed by atoms with van der Waals surface area (Å²) in [4.78, 5) is 4.36. The summed E-state index contributed by atoms with van der Waals surface area (Å²) >= 11 is 3.48. The fraction of sp³-hybridized carbons (Fsp3) is 0.278. The number of halogens is 2. The van der Waals surface area contributed by atoms with Crippen LogP contribution < -0.4 is 20.5 Å². The van der Waals surface area contributed by atoms with Crippen molar-refractivity contribution >= 4 is 51.6 Å². The number of benzene rings is 2. The lowest BCUT2D eigenvalue weighted by molar-refractivity contribution is 0.405. The summed E-state index contributed by atoms with van der Waals surface area (Å²) in [6.07, 6.45) is 1.88. The molecule has 0 amide bonds. The highest BCUT2D eigenvalue weighted by Crippen LogP contribution is 2.28. The van der Waals surface area contributed by atoms with E-state index in [1.807, 2.05) is 30.3 Å². The van der Waals surface area contributed by atoms with Crippen LogP contribution in [0.25, 0.3) is 0 Å². The summed E-state index contributed by atoms with van der Waals surface area (Å²) in [5, 5.41) is 3.06. The average molecular weight is 520 g/mol. The molecule has 0 spiro atoms. The van der Waals surface area contributed by atoms with Crippen LogP contribution in [0.3, 0.4) is 0 Å². The van der Waals surface area contributed by atoms with Gasteiger partial charge in [-0.05, 0) is 42.7 Å². The first kappa shape index (κ1) is 21.6. The predicted molar refractivity (Wildman–Crippen MR) is 118 cm³/mol. The van der Waals surface area contributed by atoms with Gasteiger partial charge in [0.25, 0.3) is 0 Å². The third kappa shape index (κ3) is 7.11. The number of hydrogen-bond donors (Lipinski definition) is 2. The van der Waals surface area contributed by atoms with E-state index in [2.05, 4.69) is 38.4 Å². The van der Waals surface area contributed by atoms with Gasteiger partial charge in [-0.2, -0.15) is 0 Å². The second-order valence-electron chi connectivity index (χ2n) is 5.19. The van der Waals surface area contributed by atoms with Crippen molar-refractivity contribution in [1.82, 2.24) is 0 Å². The molecule has 136 valence electrons. The minimum absolute atomic E-state index is 0. The molecule has 0 heterocycles. The lowest BCUT2D eigenvalue weighted by atomic mass is 10.1. The second-order valence-corrected chi connectivity index (χ2v) is 6.11. The number of rotatable bonds is 7. The smallest absolute Gasteiger partial charge is 0.193 e. The molecule has 0 saturated carbocycles. The first-order valence-corrected chi connectivity index (χ1v) is 8.45. The van der Waals surface area contributed by atoms with Gasteiger partial charge in [0.05, 0.1) is 19.9 Å². The Balaban J connectivity index is 0.00000312. The molecule has 5 nitrogen and oxygen atoms in total. The van der Waals surface area contributed by atoms with Gasteiger partial charge < -0.3 is 20.5 Å². The van der Waals surface area contributed by atoms with Gasteiger partial charge in [-0.3, -0.25) is 4.99 Å². The van der Waals surface area contributed by atoms with Crippen LogP contribution >= 0.6 is 39.9 Å². The molecule has 2 rings (SSSR count). The number of hydrogen-bond acceptors (Lipinski definition) is 3. The summed E-state index contributed by atoms with van der Waals surface area (Å²) in [6.45, 7) is 0.650. The Morgan fingerprint density at radius 3 is 2.64 bits per heavy atom. The maximum absolute atomic E-state index is 5.96. The fourth-order valence-electron chi connectivity index (χ4n) is 2.26. The van der Waals surface area contributed by atoms with Crippen LogP contribution in [0.15, 0.2) is 51.9 Å². The number of nitrogens with two attached hydrogens (primary N) is 1. The molecule has 2 aromatic carbocycles. The van der Waals surface area contributed by atoms with Crippen LogP contribution in [0, 0.1) is 0 Å². The fourth-order valence-corrected chi connectivity index (χ4v) is 2.71. The quantitative estimate of drug-likeness (QED) is 0.245.